The van der Waals surface area contributed by atoms with Crippen molar-refractivity contribution in [1.29, 1.82) is 0 Å². The Kier molecular flexibility index (Phi) is 4.15. The van der Waals surface area contributed by atoms with Crippen molar-refractivity contribution >= 4 is 22.8 Å². The first-order chi connectivity index (χ1) is 12.2. The van der Waals surface area contributed by atoms with Crippen LogP contribution in [0.25, 0.3) is 5.65 Å². The number of nitrogen functional groups attached to an aromatic ring is 1. The fraction of sp³-hybridized carbons (Fsp3) is 0.333. The molecule has 1 fully saturated rings. The van der Waals surface area contributed by atoms with Gasteiger partial charge >= 0.3 is 0 Å². The number of rotatable bonds is 4. The molecular formula is C18H22N6O. The molecule has 1 aliphatic rings. The van der Waals surface area contributed by atoms with Gasteiger partial charge in [0.1, 0.15) is 11.9 Å². The summed E-state index contributed by atoms with van der Waals surface area (Å²) in [6.45, 7) is 0. The average molecular weight is 338 g/mol. The molecule has 0 spiro atoms. The van der Waals surface area contributed by atoms with E-state index < -0.39 is 0 Å². The molecule has 2 heterocycles. The molecule has 0 aliphatic heterocycles. The van der Waals surface area contributed by atoms with E-state index in [1.54, 1.807) is 10.7 Å². The molecule has 7 heteroatoms. The third-order valence-electron chi connectivity index (χ3n) is 4.53. The van der Waals surface area contributed by atoms with Crippen LogP contribution < -0.4 is 21.5 Å². The highest BCUT2D eigenvalue weighted by molar-refractivity contribution is 5.75. The van der Waals surface area contributed by atoms with Gasteiger partial charge < -0.3 is 21.5 Å². The van der Waals surface area contributed by atoms with Gasteiger partial charge in [-0.15, -0.1) is 5.10 Å². The number of hydrogen-bond acceptors (Lipinski definition) is 6. The zero-order chi connectivity index (χ0) is 17.2. The van der Waals surface area contributed by atoms with Crippen LogP contribution >= 0.6 is 0 Å². The quantitative estimate of drug-likeness (QED) is 0.676. The summed E-state index contributed by atoms with van der Waals surface area (Å²) in [6, 6.07) is 12.1. The Morgan fingerprint density at radius 2 is 1.88 bits per heavy atom. The molecular weight excluding hydrogens is 316 g/mol. The van der Waals surface area contributed by atoms with Crippen LogP contribution in [0.5, 0.6) is 5.88 Å². The lowest BCUT2D eigenvalue weighted by Gasteiger charge is -2.26. The van der Waals surface area contributed by atoms with Crippen LogP contribution in [0.2, 0.25) is 0 Å². The molecule has 3 aromatic rings. The van der Waals surface area contributed by atoms with Gasteiger partial charge in [-0.25, -0.2) is 4.98 Å². The second-order valence-electron chi connectivity index (χ2n) is 6.46. The van der Waals surface area contributed by atoms with Crippen molar-refractivity contribution in [1.82, 2.24) is 14.6 Å². The van der Waals surface area contributed by atoms with Crippen molar-refractivity contribution in [3.8, 4) is 5.88 Å². The van der Waals surface area contributed by atoms with Gasteiger partial charge in [0.05, 0.1) is 11.9 Å². The molecule has 25 heavy (non-hydrogen) atoms. The van der Waals surface area contributed by atoms with Crippen molar-refractivity contribution in [2.24, 2.45) is 5.73 Å². The molecule has 7 nitrogen and oxygen atoms in total. The SMILES string of the molecule is Nc1cnc2c(Nc3ccccc3)cc(O[C@H]3CC[C@H](N)CC3)nn12. The number of para-hydroxylation sites is 1. The van der Waals surface area contributed by atoms with Crippen LogP contribution in [0.1, 0.15) is 25.7 Å². The summed E-state index contributed by atoms with van der Waals surface area (Å²) in [5.74, 6) is 1.01. The smallest absolute Gasteiger partial charge is 0.234 e. The van der Waals surface area contributed by atoms with Crippen LogP contribution in [0.3, 0.4) is 0 Å². The summed E-state index contributed by atoms with van der Waals surface area (Å²) in [6.07, 6.45) is 5.59. The maximum atomic E-state index is 6.10. The van der Waals surface area contributed by atoms with E-state index in [0.717, 1.165) is 37.1 Å². The van der Waals surface area contributed by atoms with Crippen LogP contribution in [0.15, 0.2) is 42.6 Å². The number of hydrogen-bond donors (Lipinski definition) is 3. The van der Waals surface area contributed by atoms with Gasteiger partial charge in [0, 0.05) is 17.8 Å². The molecule has 0 unspecified atom stereocenters. The summed E-state index contributed by atoms with van der Waals surface area (Å²) >= 11 is 0. The summed E-state index contributed by atoms with van der Waals surface area (Å²) < 4.78 is 7.71. The molecule has 0 radical (unpaired) electrons. The Balaban J connectivity index is 1.64. The number of aromatic nitrogens is 3. The van der Waals surface area contributed by atoms with Gasteiger partial charge in [0.25, 0.3) is 0 Å². The number of imidazole rings is 1. The normalized spacial score (nSPS) is 20.5. The van der Waals surface area contributed by atoms with Crippen molar-refractivity contribution in [2.75, 3.05) is 11.1 Å². The fourth-order valence-electron chi connectivity index (χ4n) is 3.17. The first-order valence-electron chi connectivity index (χ1n) is 8.57. The third kappa shape index (κ3) is 3.36. The highest BCUT2D eigenvalue weighted by Gasteiger charge is 2.21. The van der Waals surface area contributed by atoms with E-state index in [2.05, 4.69) is 15.4 Å². The molecule has 0 saturated heterocycles. The Labute approximate surface area is 146 Å². The minimum atomic E-state index is 0.138. The molecule has 1 saturated carbocycles. The number of nitrogens with two attached hydrogens (primary N) is 2. The van der Waals surface area contributed by atoms with Crippen LogP contribution in [-0.2, 0) is 0 Å². The van der Waals surface area contributed by atoms with Crippen molar-refractivity contribution in [2.45, 2.75) is 37.8 Å². The zero-order valence-electron chi connectivity index (χ0n) is 13.9. The lowest BCUT2D eigenvalue weighted by Crippen LogP contribution is -2.32. The van der Waals surface area contributed by atoms with E-state index in [1.165, 1.54) is 0 Å². The van der Waals surface area contributed by atoms with E-state index in [9.17, 15) is 0 Å². The van der Waals surface area contributed by atoms with Gasteiger partial charge in [-0.1, -0.05) is 18.2 Å². The minimum absolute atomic E-state index is 0.138. The Morgan fingerprint density at radius 1 is 1.12 bits per heavy atom. The second-order valence-corrected chi connectivity index (χ2v) is 6.46. The Morgan fingerprint density at radius 3 is 2.64 bits per heavy atom. The number of fused-ring (bicyclic) bond motifs is 1. The van der Waals surface area contributed by atoms with Gasteiger partial charge in [0.15, 0.2) is 5.65 Å². The average Bonchev–Trinajstić information content (AvgIpc) is 2.99. The fourth-order valence-corrected chi connectivity index (χ4v) is 3.17. The second kappa shape index (κ2) is 6.60. The molecule has 0 amide bonds. The predicted molar refractivity (Wildman–Crippen MR) is 98.0 cm³/mol. The lowest BCUT2D eigenvalue weighted by molar-refractivity contribution is 0.139. The molecule has 0 atom stereocenters. The maximum absolute atomic E-state index is 6.10. The number of anilines is 3. The van der Waals surface area contributed by atoms with Gasteiger partial charge in [-0.05, 0) is 37.8 Å². The largest absolute Gasteiger partial charge is 0.473 e. The topological polar surface area (TPSA) is 103 Å². The van der Waals surface area contributed by atoms with Crippen LogP contribution in [0.4, 0.5) is 17.2 Å². The number of benzene rings is 1. The summed E-state index contributed by atoms with van der Waals surface area (Å²) in [5, 5.41) is 7.85. The van der Waals surface area contributed by atoms with Gasteiger partial charge in [-0.2, -0.15) is 4.52 Å². The minimum Gasteiger partial charge on any atom is -0.473 e. The van der Waals surface area contributed by atoms with Crippen LogP contribution in [0, 0.1) is 0 Å². The lowest BCUT2D eigenvalue weighted by atomic mass is 9.94. The van der Waals surface area contributed by atoms with E-state index >= 15 is 0 Å². The van der Waals surface area contributed by atoms with E-state index in [1.807, 2.05) is 36.4 Å². The van der Waals surface area contributed by atoms with Crippen molar-refractivity contribution in [3.63, 3.8) is 0 Å². The Hall–Kier alpha value is -2.80. The highest BCUT2D eigenvalue weighted by Crippen LogP contribution is 2.28. The monoisotopic (exact) mass is 338 g/mol. The third-order valence-corrected chi connectivity index (χ3v) is 4.53. The first-order valence-corrected chi connectivity index (χ1v) is 8.57. The molecule has 5 N–H and O–H groups in total. The first kappa shape index (κ1) is 15.7. The number of ether oxygens (including phenoxy) is 1. The summed E-state index contributed by atoms with van der Waals surface area (Å²) in [4.78, 5) is 4.35. The summed E-state index contributed by atoms with van der Waals surface area (Å²) in [7, 11) is 0. The number of nitrogens with zero attached hydrogens (tertiary/aromatic N) is 3. The highest BCUT2D eigenvalue weighted by atomic mass is 16.5. The summed E-state index contributed by atoms with van der Waals surface area (Å²) in [5.41, 5.74) is 14.4. The van der Waals surface area contributed by atoms with Crippen molar-refractivity contribution < 1.29 is 4.74 Å². The molecule has 0 bridgehead atoms. The van der Waals surface area contributed by atoms with Gasteiger partial charge in [-0.3, -0.25) is 0 Å². The van der Waals surface area contributed by atoms with E-state index in [4.69, 9.17) is 16.2 Å². The van der Waals surface area contributed by atoms with E-state index in [0.29, 0.717) is 17.3 Å². The molecule has 4 rings (SSSR count). The van der Waals surface area contributed by atoms with Gasteiger partial charge in [0.2, 0.25) is 5.88 Å². The van der Waals surface area contributed by atoms with E-state index in [-0.39, 0.29) is 12.1 Å². The van der Waals surface area contributed by atoms with Crippen molar-refractivity contribution in [3.05, 3.63) is 42.6 Å². The molecule has 130 valence electrons. The standard InChI is InChI=1S/C18H22N6O/c19-12-6-8-14(9-7-12)25-17-10-15(22-13-4-2-1-3-5-13)18-21-11-16(20)24(18)23-17/h1-5,10-12,14,22H,6-9,19-20H2/t12-,14-. The predicted octanol–water partition coefficient (Wildman–Crippen LogP) is 2.70. The van der Waals surface area contributed by atoms with Crippen LogP contribution in [-0.4, -0.2) is 26.7 Å². The molecule has 2 aromatic heterocycles. The molecule has 1 aliphatic carbocycles. The Bertz CT molecular complexity index is 855. The number of nitrogens with one attached hydrogen (secondary N) is 1. The maximum Gasteiger partial charge on any atom is 0.234 e. The molecule has 1 aromatic carbocycles. The zero-order valence-corrected chi connectivity index (χ0v) is 13.9.